The number of aromatic amines is 1. The predicted octanol–water partition coefficient (Wildman–Crippen LogP) is 0.337. The summed E-state index contributed by atoms with van der Waals surface area (Å²) in [6, 6.07) is 1.31. The fraction of sp³-hybridized carbons (Fsp3) is 0.286. The summed E-state index contributed by atoms with van der Waals surface area (Å²) in [5, 5.41) is 8.79. The molecular formula is C7H8N2O3S. The highest BCUT2D eigenvalue weighted by atomic mass is 32.2. The van der Waals surface area contributed by atoms with Crippen LogP contribution in [0.25, 0.3) is 0 Å². The van der Waals surface area contributed by atoms with Gasteiger partial charge in [0.25, 0.3) is 5.56 Å². The fourth-order valence-corrected chi connectivity index (χ4v) is 1.44. The van der Waals surface area contributed by atoms with Crippen molar-refractivity contribution in [3.63, 3.8) is 0 Å². The summed E-state index contributed by atoms with van der Waals surface area (Å²) >= 11 is 1.22. The normalized spacial score (nSPS) is 9.85. The van der Waals surface area contributed by atoms with E-state index in [1.807, 2.05) is 0 Å². The molecule has 0 radical (unpaired) electrons. The molecule has 0 saturated carbocycles. The second kappa shape index (κ2) is 4.66. The first-order valence-electron chi connectivity index (χ1n) is 3.58. The van der Waals surface area contributed by atoms with Gasteiger partial charge < -0.3 is 10.1 Å². The van der Waals surface area contributed by atoms with Crippen molar-refractivity contribution in [2.45, 2.75) is 11.6 Å². The quantitative estimate of drug-likeness (QED) is 0.540. The largest absolute Gasteiger partial charge is 0.481 e. The van der Waals surface area contributed by atoms with E-state index in [1.54, 1.807) is 0 Å². The lowest BCUT2D eigenvalue weighted by molar-refractivity contribution is -0.136. The maximum absolute atomic E-state index is 10.8. The minimum atomic E-state index is -0.856. The molecule has 2 N–H and O–H groups in total. The average Bonchev–Trinajstić information content (AvgIpc) is 2.03. The summed E-state index contributed by atoms with van der Waals surface area (Å²) in [5.41, 5.74) is -0.229. The van der Waals surface area contributed by atoms with E-state index in [0.29, 0.717) is 10.9 Å². The Morgan fingerprint density at radius 2 is 2.46 bits per heavy atom. The van der Waals surface area contributed by atoms with E-state index in [0.717, 1.165) is 0 Å². The molecule has 0 aliphatic rings. The highest BCUT2D eigenvalue weighted by Crippen LogP contribution is 2.10. The van der Waals surface area contributed by atoms with Gasteiger partial charge in [-0.2, -0.15) is 0 Å². The summed E-state index contributed by atoms with van der Waals surface area (Å²) in [6.45, 7) is 0. The number of carboxylic acid groups (broad SMARTS) is 1. The Balaban J connectivity index is 2.45. The Labute approximate surface area is 78.2 Å². The molecule has 6 heteroatoms. The molecule has 0 aliphatic heterocycles. The van der Waals surface area contributed by atoms with Gasteiger partial charge >= 0.3 is 5.97 Å². The second-order valence-electron chi connectivity index (χ2n) is 2.23. The first-order valence-corrected chi connectivity index (χ1v) is 4.57. The number of nitrogens with one attached hydrogen (secondary N) is 1. The Kier molecular flexibility index (Phi) is 3.51. The van der Waals surface area contributed by atoms with E-state index in [-0.39, 0.29) is 12.0 Å². The first-order chi connectivity index (χ1) is 6.18. The number of rotatable bonds is 4. The van der Waals surface area contributed by atoms with Gasteiger partial charge in [0, 0.05) is 18.0 Å². The maximum Gasteiger partial charge on any atom is 0.304 e. The van der Waals surface area contributed by atoms with Gasteiger partial charge in [0.15, 0.2) is 5.16 Å². The number of aromatic nitrogens is 2. The molecule has 70 valence electrons. The smallest absolute Gasteiger partial charge is 0.304 e. The van der Waals surface area contributed by atoms with Crippen molar-refractivity contribution in [2.75, 3.05) is 5.75 Å². The molecule has 0 amide bonds. The zero-order valence-corrected chi connectivity index (χ0v) is 7.50. The van der Waals surface area contributed by atoms with Crippen LogP contribution in [0.4, 0.5) is 0 Å². The molecule has 1 aromatic heterocycles. The summed E-state index contributed by atoms with van der Waals surface area (Å²) in [4.78, 5) is 27.2. The van der Waals surface area contributed by atoms with Gasteiger partial charge in [0.05, 0.1) is 6.42 Å². The van der Waals surface area contributed by atoms with Crippen LogP contribution in [-0.4, -0.2) is 26.8 Å². The van der Waals surface area contributed by atoms with E-state index in [1.165, 1.54) is 24.0 Å². The van der Waals surface area contributed by atoms with Crippen LogP contribution in [0.2, 0.25) is 0 Å². The Bertz CT molecular complexity index is 350. The van der Waals surface area contributed by atoms with Gasteiger partial charge in [-0.1, -0.05) is 11.8 Å². The van der Waals surface area contributed by atoms with Crippen molar-refractivity contribution < 1.29 is 9.90 Å². The van der Waals surface area contributed by atoms with Crippen LogP contribution in [0.15, 0.2) is 22.2 Å². The van der Waals surface area contributed by atoms with E-state index >= 15 is 0 Å². The Hall–Kier alpha value is -1.30. The molecule has 1 rings (SSSR count). The molecule has 0 fully saturated rings. The number of nitrogens with zero attached hydrogens (tertiary/aromatic N) is 1. The van der Waals surface area contributed by atoms with Crippen molar-refractivity contribution in [1.29, 1.82) is 0 Å². The molecule has 1 heterocycles. The van der Waals surface area contributed by atoms with Crippen LogP contribution >= 0.6 is 11.8 Å². The van der Waals surface area contributed by atoms with E-state index in [2.05, 4.69) is 9.97 Å². The fourth-order valence-electron chi connectivity index (χ4n) is 0.660. The number of hydrogen-bond acceptors (Lipinski definition) is 4. The lowest BCUT2D eigenvalue weighted by Crippen LogP contribution is -2.06. The first kappa shape index (κ1) is 9.79. The molecule has 1 aromatic rings. The molecule has 5 nitrogen and oxygen atoms in total. The number of thioether (sulfide) groups is 1. The summed E-state index contributed by atoms with van der Waals surface area (Å²) < 4.78 is 0. The number of carboxylic acids is 1. The molecule has 0 atom stereocenters. The van der Waals surface area contributed by atoms with Gasteiger partial charge in [-0.05, 0) is 0 Å². The van der Waals surface area contributed by atoms with Crippen molar-refractivity contribution in [3.05, 3.63) is 22.6 Å². The predicted molar refractivity (Wildman–Crippen MR) is 47.8 cm³/mol. The number of hydrogen-bond donors (Lipinski definition) is 2. The summed E-state index contributed by atoms with van der Waals surface area (Å²) in [5.74, 6) is -0.451. The molecule has 0 aromatic carbocycles. The molecule has 0 bridgehead atoms. The lowest BCUT2D eigenvalue weighted by atomic mass is 10.5. The number of aliphatic carboxylic acids is 1. The van der Waals surface area contributed by atoms with E-state index < -0.39 is 5.97 Å². The molecule has 0 saturated heterocycles. The zero-order valence-electron chi connectivity index (χ0n) is 6.69. The minimum absolute atomic E-state index is 0.0588. The Morgan fingerprint density at radius 3 is 3.08 bits per heavy atom. The molecule has 13 heavy (non-hydrogen) atoms. The van der Waals surface area contributed by atoms with Crippen molar-refractivity contribution >= 4 is 17.7 Å². The highest BCUT2D eigenvalue weighted by molar-refractivity contribution is 7.99. The molecule has 0 aliphatic carbocycles. The average molecular weight is 200 g/mol. The summed E-state index contributed by atoms with van der Waals surface area (Å²) in [7, 11) is 0. The third-order valence-corrected chi connectivity index (χ3v) is 2.09. The molecule has 0 spiro atoms. The van der Waals surface area contributed by atoms with Crippen molar-refractivity contribution in [1.82, 2.24) is 9.97 Å². The van der Waals surface area contributed by atoms with Crippen LogP contribution in [0.5, 0.6) is 0 Å². The van der Waals surface area contributed by atoms with E-state index in [9.17, 15) is 9.59 Å². The van der Waals surface area contributed by atoms with Crippen LogP contribution in [0.3, 0.4) is 0 Å². The third kappa shape index (κ3) is 3.75. The topological polar surface area (TPSA) is 83.0 Å². The van der Waals surface area contributed by atoms with Gasteiger partial charge in [0.1, 0.15) is 0 Å². The second-order valence-corrected chi connectivity index (χ2v) is 3.32. The van der Waals surface area contributed by atoms with E-state index in [4.69, 9.17) is 5.11 Å². The minimum Gasteiger partial charge on any atom is -0.481 e. The molecule has 0 unspecified atom stereocenters. The SMILES string of the molecule is O=C(O)CCSc1nccc(=O)[nH]1. The monoisotopic (exact) mass is 200 g/mol. The van der Waals surface area contributed by atoms with Gasteiger partial charge in [-0.15, -0.1) is 0 Å². The number of carbonyl (C=O) groups is 1. The van der Waals surface area contributed by atoms with Gasteiger partial charge in [-0.25, -0.2) is 4.98 Å². The van der Waals surface area contributed by atoms with Crippen molar-refractivity contribution in [3.8, 4) is 0 Å². The van der Waals surface area contributed by atoms with Crippen LogP contribution in [-0.2, 0) is 4.79 Å². The van der Waals surface area contributed by atoms with Gasteiger partial charge in [-0.3, -0.25) is 9.59 Å². The highest BCUT2D eigenvalue weighted by Gasteiger charge is 1.99. The van der Waals surface area contributed by atoms with Crippen LogP contribution < -0.4 is 5.56 Å². The Morgan fingerprint density at radius 1 is 1.69 bits per heavy atom. The summed E-state index contributed by atoms with van der Waals surface area (Å²) in [6.07, 6.45) is 1.45. The zero-order chi connectivity index (χ0) is 9.68. The third-order valence-electron chi connectivity index (χ3n) is 1.20. The van der Waals surface area contributed by atoms with Gasteiger partial charge in [0.2, 0.25) is 0 Å². The van der Waals surface area contributed by atoms with Crippen LogP contribution in [0.1, 0.15) is 6.42 Å². The lowest BCUT2D eigenvalue weighted by Gasteiger charge is -1.96. The molecular weight excluding hydrogens is 192 g/mol. The maximum atomic E-state index is 10.8. The van der Waals surface area contributed by atoms with Crippen LogP contribution in [0, 0.1) is 0 Å². The number of H-pyrrole nitrogens is 1. The van der Waals surface area contributed by atoms with Crippen molar-refractivity contribution in [2.24, 2.45) is 0 Å². The standard InChI is InChI=1S/C7H8N2O3S/c10-5-1-3-8-7(9-5)13-4-2-6(11)12/h1,3H,2,4H2,(H,11,12)(H,8,9,10).